The number of benzene rings is 1. The van der Waals surface area contributed by atoms with E-state index in [1.165, 1.54) is 11.1 Å². The molecule has 3 nitrogen and oxygen atoms in total. The van der Waals surface area contributed by atoms with Gasteiger partial charge in [0.2, 0.25) is 0 Å². The summed E-state index contributed by atoms with van der Waals surface area (Å²) in [4.78, 5) is 0. The quantitative estimate of drug-likeness (QED) is 0.784. The molecule has 0 amide bonds. The molecule has 0 fully saturated rings. The molecule has 0 saturated heterocycles. The lowest BCUT2D eigenvalue weighted by molar-refractivity contribution is 0.00668. The second-order valence-corrected chi connectivity index (χ2v) is 5.92. The van der Waals surface area contributed by atoms with Crippen LogP contribution in [0.5, 0.6) is 5.75 Å². The van der Waals surface area contributed by atoms with Gasteiger partial charge >= 0.3 is 0 Å². The van der Waals surface area contributed by atoms with Crippen molar-refractivity contribution in [2.75, 3.05) is 20.8 Å². The molecule has 1 atom stereocenters. The van der Waals surface area contributed by atoms with E-state index in [0.717, 1.165) is 25.1 Å². The van der Waals surface area contributed by atoms with Crippen LogP contribution in [0.4, 0.5) is 0 Å². The Bertz CT molecular complexity index is 415. The van der Waals surface area contributed by atoms with Crippen LogP contribution >= 0.6 is 0 Å². The van der Waals surface area contributed by atoms with Crippen molar-refractivity contribution in [1.29, 1.82) is 0 Å². The van der Waals surface area contributed by atoms with E-state index in [1.54, 1.807) is 14.2 Å². The van der Waals surface area contributed by atoms with E-state index in [1.807, 2.05) is 6.07 Å². The molecule has 0 heterocycles. The predicted octanol–water partition coefficient (Wildman–Crippen LogP) is 3.86. The van der Waals surface area contributed by atoms with Gasteiger partial charge in [-0.3, -0.25) is 0 Å². The molecular formula is C17H29NO2. The third-order valence-corrected chi connectivity index (χ3v) is 3.65. The Morgan fingerprint density at radius 1 is 1.25 bits per heavy atom. The molecule has 1 N–H and O–H groups in total. The lowest BCUT2D eigenvalue weighted by atomic mass is 9.92. The topological polar surface area (TPSA) is 30.5 Å². The highest BCUT2D eigenvalue weighted by Crippen LogP contribution is 2.32. The van der Waals surface area contributed by atoms with Crippen molar-refractivity contribution in [1.82, 2.24) is 5.32 Å². The number of aryl methyl sites for hydroxylation is 1. The fourth-order valence-corrected chi connectivity index (χ4v) is 2.31. The zero-order valence-electron chi connectivity index (χ0n) is 13.7. The van der Waals surface area contributed by atoms with Gasteiger partial charge in [0.1, 0.15) is 5.75 Å². The lowest BCUT2D eigenvalue weighted by Gasteiger charge is -2.30. The molecule has 3 heteroatoms. The third kappa shape index (κ3) is 4.80. The Balaban J connectivity index is 3.06. The van der Waals surface area contributed by atoms with Crippen LogP contribution in [0.1, 0.15) is 50.8 Å². The van der Waals surface area contributed by atoms with E-state index >= 15 is 0 Å². The van der Waals surface area contributed by atoms with E-state index in [0.29, 0.717) is 0 Å². The Hall–Kier alpha value is -1.06. The third-order valence-electron chi connectivity index (χ3n) is 3.65. The van der Waals surface area contributed by atoms with Crippen LogP contribution < -0.4 is 10.1 Å². The minimum atomic E-state index is -0.167. The van der Waals surface area contributed by atoms with Crippen LogP contribution in [-0.2, 0) is 4.74 Å². The molecule has 1 aromatic carbocycles. The van der Waals surface area contributed by atoms with E-state index in [-0.39, 0.29) is 11.6 Å². The Morgan fingerprint density at radius 2 is 1.95 bits per heavy atom. The maximum Gasteiger partial charge on any atom is 0.123 e. The molecule has 20 heavy (non-hydrogen) atoms. The minimum absolute atomic E-state index is 0.167. The van der Waals surface area contributed by atoms with Crippen LogP contribution in [0.25, 0.3) is 0 Å². The predicted molar refractivity (Wildman–Crippen MR) is 84.5 cm³/mol. The first-order chi connectivity index (χ1) is 9.43. The largest absolute Gasteiger partial charge is 0.496 e. The monoisotopic (exact) mass is 279 g/mol. The smallest absolute Gasteiger partial charge is 0.123 e. The summed E-state index contributed by atoms with van der Waals surface area (Å²) in [6.45, 7) is 9.52. The number of hydrogen-bond donors (Lipinski definition) is 1. The highest BCUT2D eigenvalue weighted by molar-refractivity contribution is 5.39. The van der Waals surface area contributed by atoms with Crippen LogP contribution in [0.3, 0.4) is 0 Å². The number of hydrogen-bond acceptors (Lipinski definition) is 3. The van der Waals surface area contributed by atoms with Crippen LogP contribution in [-0.4, -0.2) is 26.4 Å². The maximum atomic E-state index is 5.59. The van der Waals surface area contributed by atoms with Crippen molar-refractivity contribution in [3.05, 3.63) is 29.3 Å². The minimum Gasteiger partial charge on any atom is -0.496 e. The van der Waals surface area contributed by atoms with Gasteiger partial charge in [-0.15, -0.1) is 0 Å². The van der Waals surface area contributed by atoms with Crippen LogP contribution in [0, 0.1) is 6.92 Å². The number of ether oxygens (including phenoxy) is 2. The SMILES string of the molecule is CCCNC(CC(C)(C)OC)c1cc(C)ccc1OC. The van der Waals surface area contributed by atoms with Gasteiger partial charge in [-0.1, -0.05) is 24.6 Å². The van der Waals surface area contributed by atoms with Crippen LogP contribution in [0.2, 0.25) is 0 Å². The molecule has 1 unspecified atom stereocenters. The summed E-state index contributed by atoms with van der Waals surface area (Å²) in [5.41, 5.74) is 2.30. The summed E-state index contributed by atoms with van der Waals surface area (Å²) in [6.07, 6.45) is 2.02. The molecule has 0 aliphatic carbocycles. The molecule has 0 bridgehead atoms. The van der Waals surface area contributed by atoms with E-state index in [4.69, 9.17) is 9.47 Å². The van der Waals surface area contributed by atoms with Crippen molar-refractivity contribution >= 4 is 0 Å². The molecule has 0 saturated carbocycles. The van der Waals surface area contributed by atoms with Crippen molar-refractivity contribution < 1.29 is 9.47 Å². The first-order valence-electron chi connectivity index (χ1n) is 7.36. The van der Waals surface area contributed by atoms with Gasteiger partial charge in [0.15, 0.2) is 0 Å². The molecule has 0 aromatic heterocycles. The van der Waals surface area contributed by atoms with E-state index < -0.39 is 0 Å². The van der Waals surface area contributed by atoms with E-state index in [2.05, 4.69) is 45.1 Å². The summed E-state index contributed by atoms with van der Waals surface area (Å²) >= 11 is 0. The fourth-order valence-electron chi connectivity index (χ4n) is 2.31. The van der Waals surface area contributed by atoms with Crippen molar-refractivity contribution in [3.63, 3.8) is 0 Å². The first kappa shape index (κ1) is 17.0. The molecule has 0 aliphatic rings. The van der Waals surface area contributed by atoms with Gasteiger partial charge in [0, 0.05) is 18.7 Å². The molecule has 0 spiro atoms. The summed E-state index contributed by atoms with van der Waals surface area (Å²) in [5, 5.41) is 3.62. The fraction of sp³-hybridized carbons (Fsp3) is 0.647. The average molecular weight is 279 g/mol. The van der Waals surface area contributed by atoms with Gasteiger partial charge in [0.25, 0.3) is 0 Å². The Morgan fingerprint density at radius 3 is 2.50 bits per heavy atom. The highest BCUT2D eigenvalue weighted by atomic mass is 16.5. The molecule has 114 valence electrons. The zero-order chi connectivity index (χ0) is 15.2. The first-order valence-corrected chi connectivity index (χ1v) is 7.36. The van der Waals surface area contributed by atoms with Gasteiger partial charge in [-0.05, 0) is 46.2 Å². The summed E-state index contributed by atoms with van der Waals surface area (Å²) in [5.74, 6) is 0.941. The highest BCUT2D eigenvalue weighted by Gasteiger charge is 2.25. The van der Waals surface area contributed by atoms with E-state index in [9.17, 15) is 0 Å². The second kappa shape index (κ2) is 7.65. The maximum absolute atomic E-state index is 5.59. The zero-order valence-corrected chi connectivity index (χ0v) is 13.7. The second-order valence-electron chi connectivity index (χ2n) is 5.92. The van der Waals surface area contributed by atoms with Gasteiger partial charge < -0.3 is 14.8 Å². The molecule has 1 rings (SSSR count). The summed E-state index contributed by atoms with van der Waals surface area (Å²) in [7, 11) is 3.50. The van der Waals surface area contributed by atoms with Gasteiger partial charge in [-0.2, -0.15) is 0 Å². The molecule has 1 aromatic rings. The standard InChI is InChI=1S/C17H29NO2/c1-7-10-18-15(12-17(3,4)20-6)14-11-13(2)8-9-16(14)19-5/h8-9,11,15,18H,7,10,12H2,1-6H3. The molecule has 0 aliphatic heterocycles. The summed E-state index contributed by atoms with van der Waals surface area (Å²) < 4.78 is 11.1. The normalized spacial score (nSPS) is 13.3. The number of methoxy groups -OCH3 is 2. The van der Waals surface area contributed by atoms with Gasteiger partial charge in [-0.25, -0.2) is 0 Å². The molecular weight excluding hydrogens is 250 g/mol. The van der Waals surface area contributed by atoms with Crippen LogP contribution in [0.15, 0.2) is 18.2 Å². The van der Waals surface area contributed by atoms with Crippen molar-refractivity contribution in [2.45, 2.75) is 52.2 Å². The lowest BCUT2D eigenvalue weighted by Crippen LogP contribution is -2.32. The Labute approximate surface area is 123 Å². The van der Waals surface area contributed by atoms with Crippen molar-refractivity contribution in [2.24, 2.45) is 0 Å². The number of nitrogens with one attached hydrogen (secondary N) is 1. The van der Waals surface area contributed by atoms with Gasteiger partial charge in [0.05, 0.1) is 12.7 Å². The Kier molecular flexibility index (Phi) is 6.50. The average Bonchev–Trinajstić information content (AvgIpc) is 2.43. The number of rotatable bonds is 8. The van der Waals surface area contributed by atoms with Crippen molar-refractivity contribution in [3.8, 4) is 5.75 Å². The molecule has 0 radical (unpaired) electrons. The summed E-state index contributed by atoms with van der Waals surface area (Å²) in [6, 6.07) is 6.57.